The Morgan fingerprint density at radius 2 is 1.67 bits per heavy atom. The van der Waals surface area contributed by atoms with Crippen LogP contribution in [0.3, 0.4) is 0 Å². The summed E-state index contributed by atoms with van der Waals surface area (Å²) in [6, 6.07) is 11.1. The highest BCUT2D eigenvalue weighted by Gasteiger charge is 2.14. The van der Waals surface area contributed by atoms with E-state index in [1.165, 1.54) is 40.0 Å². The first-order valence-electron chi connectivity index (χ1n) is 8.97. The largest absolute Gasteiger partial charge is 0.493 e. The van der Waals surface area contributed by atoms with Crippen molar-refractivity contribution in [3.63, 3.8) is 0 Å². The number of anilines is 1. The van der Waals surface area contributed by atoms with Crippen molar-refractivity contribution in [1.82, 2.24) is 5.32 Å². The highest BCUT2D eigenvalue weighted by Crippen LogP contribution is 2.29. The zero-order valence-corrected chi connectivity index (χ0v) is 17.1. The number of rotatable bonds is 7. The summed E-state index contributed by atoms with van der Waals surface area (Å²) in [6.07, 6.45) is 1.45. The third-order valence-corrected chi connectivity index (χ3v) is 3.83. The lowest BCUT2D eigenvalue weighted by Gasteiger charge is -2.12. The second-order valence-electron chi connectivity index (χ2n) is 6.33. The molecule has 0 aromatic heterocycles. The molecule has 0 radical (unpaired) electrons. The Morgan fingerprint density at radius 3 is 2.27 bits per heavy atom. The average molecular weight is 410 g/mol. The van der Waals surface area contributed by atoms with Crippen LogP contribution in [0.25, 0.3) is 6.08 Å². The number of hydrogen-bond donors (Lipinski definition) is 2. The van der Waals surface area contributed by atoms with Crippen molar-refractivity contribution in [2.24, 2.45) is 0 Å². The molecule has 2 aromatic rings. The number of esters is 1. The Hall–Kier alpha value is -3.94. The number of amides is 2. The van der Waals surface area contributed by atoms with Crippen molar-refractivity contribution >= 4 is 35.3 Å². The molecular formula is C22H22N2O6. The van der Waals surface area contributed by atoms with E-state index in [4.69, 9.17) is 9.47 Å². The van der Waals surface area contributed by atoms with Gasteiger partial charge in [0.05, 0.1) is 7.11 Å². The Balaban J connectivity index is 2.34. The molecule has 0 aliphatic heterocycles. The molecule has 0 aliphatic rings. The summed E-state index contributed by atoms with van der Waals surface area (Å²) in [5.41, 5.74) is 1.37. The van der Waals surface area contributed by atoms with E-state index in [0.29, 0.717) is 16.8 Å². The van der Waals surface area contributed by atoms with Crippen LogP contribution in [-0.2, 0) is 14.4 Å². The number of ether oxygens (including phenoxy) is 2. The zero-order valence-electron chi connectivity index (χ0n) is 17.1. The molecule has 2 N–H and O–H groups in total. The number of carbonyl (C=O) groups excluding carboxylic acids is 4. The number of nitrogens with one attached hydrogen (secondary N) is 2. The van der Waals surface area contributed by atoms with Crippen LogP contribution in [-0.4, -0.2) is 30.7 Å². The lowest BCUT2D eigenvalue weighted by atomic mass is 10.1. The fourth-order valence-electron chi connectivity index (χ4n) is 2.54. The van der Waals surface area contributed by atoms with E-state index < -0.39 is 17.8 Å². The van der Waals surface area contributed by atoms with Gasteiger partial charge < -0.3 is 20.1 Å². The van der Waals surface area contributed by atoms with E-state index in [2.05, 4.69) is 10.6 Å². The van der Waals surface area contributed by atoms with Gasteiger partial charge in [-0.3, -0.25) is 19.2 Å². The van der Waals surface area contributed by atoms with E-state index >= 15 is 0 Å². The van der Waals surface area contributed by atoms with Gasteiger partial charge >= 0.3 is 5.97 Å². The predicted octanol–water partition coefficient (Wildman–Crippen LogP) is 2.94. The monoisotopic (exact) mass is 410 g/mol. The fourth-order valence-corrected chi connectivity index (χ4v) is 2.54. The van der Waals surface area contributed by atoms with Gasteiger partial charge in [-0.15, -0.1) is 0 Å². The quantitative estimate of drug-likeness (QED) is 0.314. The van der Waals surface area contributed by atoms with E-state index in [9.17, 15) is 19.2 Å². The van der Waals surface area contributed by atoms with E-state index in [0.717, 1.165) is 0 Å². The number of methoxy groups -OCH3 is 1. The van der Waals surface area contributed by atoms with Gasteiger partial charge in [0, 0.05) is 25.1 Å². The Bertz CT molecular complexity index is 1030. The maximum absolute atomic E-state index is 12.7. The van der Waals surface area contributed by atoms with Crippen LogP contribution < -0.4 is 20.1 Å². The number of carbonyl (C=O) groups is 4. The molecule has 2 aromatic carbocycles. The highest BCUT2D eigenvalue weighted by atomic mass is 16.6. The van der Waals surface area contributed by atoms with Gasteiger partial charge in [-0.25, -0.2) is 0 Å². The Morgan fingerprint density at radius 1 is 0.933 bits per heavy atom. The van der Waals surface area contributed by atoms with Gasteiger partial charge in [-0.1, -0.05) is 18.2 Å². The number of benzene rings is 2. The van der Waals surface area contributed by atoms with Gasteiger partial charge in [-0.2, -0.15) is 0 Å². The lowest BCUT2D eigenvalue weighted by molar-refractivity contribution is -0.132. The molecule has 0 spiro atoms. The lowest BCUT2D eigenvalue weighted by Crippen LogP contribution is -2.29. The van der Waals surface area contributed by atoms with Gasteiger partial charge in [-0.05, 0) is 42.8 Å². The maximum Gasteiger partial charge on any atom is 0.308 e. The van der Waals surface area contributed by atoms with Crippen molar-refractivity contribution in [3.8, 4) is 11.5 Å². The minimum Gasteiger partial charge on any atom is -0.493 e. The molecule has 0 aliphatic carbocycles. The standard InChI is InChI=1S/C22H22N2O6/c1-13(25)17-6-5-7-18(12-17)24-22(28)19(23-14(2)26)10-16-8-9-20(30-15(3)27)21(11-16)29-4/h5-12H,1-4H3,(H,23,26)(H,24,28)/b19-10-. The molecule has 0 heterocycles. The summed E-state index contributed by atoms with van der Waals surface area (Å²) in [5.74, 6) is -1.12. The van der Waals surface area contributed by atoms with Crippen LogP contribution in [0.4, 0.5) is 5.69 Å². The summed E-state index contributed by atoms with van der Waals surface area (Å²) in [6.45, 7) is 3.98. The SMILES string of the molecule is COc1cc(/C=C(\NC(C)=O)C(=O)Nc2cccc(C(C)=O)c2)ccc1OC(C)=O. The van der Waals surface area contributed by atoms with Crippen molar-refractivity contribution in [2.75, 3.05) is 12.4 Å². The summed E-state index contributed by atoms with van der Waals surface area (Å²) in [5, 5.41) is 5.14. The number of hydrogen-bond acceptors (Lipinski definition) is 6. The summed E-state index contributed by atoms with van der Waals surface area (Å²) in [4.78, 5) is 47.0. The topological polar surface area (TPSA) is 111 Å². The summed E-state index contributed by atoms with van der Waals surface area (Å²) >= 11 is 0. The first-order valence-corrected chi connectivity index (χ1v) is 8.97. The second-order valence-corrected chi connectivity index (χ2v) is 6.33. The first-order chi connectivity index (χ1) is 14.2. The van der Waals surface area contributed by atoms with Crippen LogP contribution in [0.1, 0.15) is 36.7 Å². The third-order valence-electron chi connectivity index (χ3n) is 3.83. The van der Waals surface area contributed by atoms with Crippen LogP contribution in [0.15, 0.2) is 48.2 Å². The molecule has 8 heteroatoms. The van der Waals surface area contributed by atoms with Crippen LogP contribution in [0, 0.1) is 0 Å². The van der Waals surface area contributed by atoms with Crippen LogP contribution in [0.5, 0.6) is 11.5 Å². The highest BCUT2D eigenvalue weighted by molar-refractivity contribution is 6.09. The molecule has 8 nitrogen and oxygen atoms in total. The molecule has 0 atom stereocenters. The third kappa shape index (κ3) is 6.30. The Labute approximate surface area is 173 Å². The van der Waals surface area contributed by atoms with Crippen molar-refractivity contribution in [3.05, 3.63) is 59.3 Å². The predicted molar refractivity (Wildman–Crippen MR) is 111 cm³/mol. The zero-order chi connectivity index (χ0) is 22.3. The van der Waals surface area contributed by atoms with Gasteiger partial charge in [0.25, 0.3) is 5.91 Å². The van der Waals surface area contributed by atoms with Crippen molar-refractivity contribution in [2.45, 2.75) is 20.8 Å². The average Bonchev–Trinajstić information content (AvgIpc) is 2.68. The summed E-state index contributed by atoms with van der Waals surface area (Å²) in [7, 11) is 1.42. The van der Waals surface area contributed by atoms with E-state index in [-0.39, 0.29) is 23.0 Å². The molecule has 0 fully saturated rings. The Kier molecular flexibility index (Phi) is 7.46. The summed E-state index contributed by atoms with van der Waals surface area (Å²) < 4.78 is 10.3. The van der Waals surface area contributed by atoms with Crippen molar-refractivity contribution in [1.29, 1.82) is 0 Å². The molecule has 2 amide bonds. The minimum atomic E-state index is -0.575. The molecule has 0 saturated carbocycles. The minimum absolute atomic E-state index is 0.0157. The first kappa shape index (κ1) is 22.4. The van der Waals surface area contributed by atoms with Gasteiger partial charge in [0.1, 0.15) is 5.70 Å². The number of ketones is 1. The van der Waals surface area contributed by atoms with Gasteiger partial charge in [0.2, 0.25) is 5.91 Å². The van der Waals surface area contributed by atoms with E-state index in [1.807, 2.05) is 0 Å². The van der Waals surface area contributed by atoms with Gasteiger partial charge in [0.15, 0.2) is 17.3 Å². The van der Waals surface area contributed by atoms with Crippen LogP contribution >= 0.6 is 0 Å². The number of Topliss-reactive ketones (excluding diaryl/α,β-unsaturated/α-hetero) is 1. The van der Waals surface area contributed by atoms with Crippen LogP contribution in [0.2, 0.25) is 0 Å². The molecular weight excluding hydrogens is 388 g/mol. The molecule has 0 bridgehead atoms. The van der Waals surface area contributed by atoms with Crippen molar-refractivity contribution < 1.29 is 28.7 Å². The normalized spacial score (nSPS) is 10.7. The van der Waals surface area contributed by atoms with E-state index in [1.54, 1.807) is 36.4 Å². The molecule has 0 unspecified atom stereocenters. The second kappa shape index (κ2) is 10.0. The fraction of sp³-hybridized carbons (Fsp3) is 0.182. The molecule has 30 heavy (non-hydrogen) atoms. The molecule has 0 saturated heterocycles. The molecule has 2 rings (SSSR count). The maximum atomic E-state index is 12.7. The molecule has 156 valence electrons. The smallest absolute Gasteiger partial charge is 0.308 e.